The summed E-state index contributed by atoms with van der Waals surface area (Å²) in [5.74, 6) is 0.621. The van der Waals surface area contributed by atoms with Crippen LogP contribution in [-0.4, -0.2) is 18.1 Å². The average molecular weight is 428 g/mol. The maximum Gasteiger partial charge on any atom is 0.266 e. The molecule has 0 aliphatic rings. The lowest BCUT2D eigenvalue weighted by Gasteiger charge is -2.13. The van der Waals surface area contributed by atoms with Gasteiger partial charge < -0.3 is 19.9 Å². The largest absolute Gasteiger partial charge is 0.508 e. The Morgan fingerprint density at radius 2 is 1.75 bits per heavy atom. The van der Waals surface area contributed by atoms with Gasteiger partial charge in [-0.15, -0.1) is 0 Å². The van der Waals surface area contributed by atoms with Gasteiger partial charge in [0, 0.05) is 17.3 Å². The zero-order valence-electron chi connectivity index (χ0n) is 18.2. The number of methoxy groups -OCH3 is 1. The quantitative estimate of drug-likeness (QED) is 0.309. The van der Waals surface area contributed by atoms with E-state index in [1.807, 2.05) is 19.9 Å². The monoisotopic (exact) mass is 428 g/mol. The van der Waals surface area contributed by atoms with Gasteiger partial charge in [-0.3, -0.25) is 4.79 Å². The van der Waals surface area contributed by atoms with Gasteiger partial charge in [0.15, 0.2) is 0 Å². The van der Waals surface area contributed by atoms with Crippen molar-refractivity contribution >= 4 is 17.7 Å². The molecule has 0 saturated heterocycles. The third-order valence-corrected chi connectivity index (χ3v) is 4.69. The van der Waals surface area contributed by atoms with Crippen LogP contribution in [0.4, 0.5) is 5.69 Å². The Hall–Kier alpha value is -4.24. The second-order valence-corrected chi connectivity index (χ2v) is 7.36. The van der Waals surface area contributed by atoms with Crippen molar-refractivity contribution < 1.29 is 19.4 Å². The Labute approximate surface area is 187 Å². The second kappa shape index (κ2) is 10.2. The van der Waals surface area contributed by atoms with E-state index in [0.717, 1.165) is 16.7 Å². The van der Waals surface area contributed by atoms with Crippen LogP contribution in [0.15, 0.2) is 66.2 Å². The molecule has 0 aliphatic carbocycles. The summed E-state index contributed by atoms with van der Waals surface area (Å²) in [4.78, 5) is 12.6. The molecule has 32 heavy (non-hydrogen) atoms. The predicted molar refractivity (Wildman–Crippen MR) is 124 cm³/mol. The number of nitrogens with one attached hydrogen (secondary N) is 1. The van der Waals surface area contributed by atoms with Crippen LogP contribution < -0.4 is 14.8 Å². The molecule has 6 heteroatoms. The Morgan fingerprint density at radius 3 is 2.38 bits per heavy atom. The van der Waals surface area contributed by atoms with E-state index in [4.69, 9.17) is 9.47 Å². The molecule has 0 saturated carbocycles. The number of carbonyl (C=O) groups is 1. The molecule has 0 radical (unpaired) electrons. The van der Waals surface area contributed by atoms with Crippen LogP contribution >= 0.6 is 0 Å². The summed E-state index contributed by atoms with van der Waals surface area (Å²) in [6, 6.07) is 19.3. The first-order valence-corrected chi connectivity index (χ1v) is 9.98. The zero-order valence-corrected chi connectivity index (χ0v) is 18.2. The summed E-state index contributed by atoms with van der Waals surface area (Å²) in [7, 11) is 1.56. The molecule has 0 aliphatic heterocycles. The minimum atomic E-state index is -0.561. The van der Waals surface area contributed by atoms with E-state index >= 15 is 0 Å². The molecule has 6 nitrogen and oxygen atoms in total. The third kappa shape index (κ3) is 5.89. The molecule has 162 valence electrons. The number of amides is 1. The van der Waals surface area contributed by atoms with Crippen LogP contribution in [0.1, 0.15) is 22.3 Å². The van der Waals surface area contributed by atoms with E-state index in [1.165, 1.54) is 18.2 Å². The highest BCUT2D eigenvalue weighted by Crippen LogP contribution is 2.28. The lowest BCUT2D eigenvalue weighted by atomic mass is 10.1. The molecule has 0 atom stereocenters. The lowest BCUT2D eigenvalue weighted by molar-refractivity contribution is -0.112. The van der Waals surface area contributed by atoms with Crippen molar-refractivity contribution in [1.82, 2.24) is 0 Å². The number of phenolic OH excluding ortho intramolecular Hbond substituents is 1. The smallest absolute Gasteiger partial charge is 0.266 e. The predicted octanol–water partition coefficient (Wildman–Crippen LogP) is 5.14. The van der Waals surface area contributed by atoms with Crippen LogP contribution in [0.3, 0.4) is 0 Å². The summed E-state index contributed by atoms with van der Waals surface area (Å²) < 4.78 is 11.3. The number of benzene rings is 3. The van der Waals surface area contributed by atoms with E-state index in [1.54, 1.807) is 37.4 Å². The number of hydrogen-bond donors (Lipinski definition) is 2. The number of aromatic hydroxyl groups is 1. The zero-order chi connectivity index (χ0) is 23.1. The van der Waals surface area contributed by atoms with Crippen molar-refractivity contribution in [1.29, 1.82) is 5.26 Å². The summed E-state index contributed by atoms with van der Waals surface area (Å²) >= 11 is 0. The van der Waals surface area contributed by atoms with Crippen molar-refractivity contribution in [3.63, 3.8) is 0 Å². The van der Waals surface area contributed by atoms with Crippen molar-refractivity contribution in [3.8, 4) is 23.3 Å². The molecule has 3 rings (SSSR count). The van der Waals surface area contributed by atoms with Crippen molar-refractivity contribution in [2.45, 2.75) is 20.5 Å². The van der Waals surface area contributed by atoms with Gasteiger partial charge in [-0.2, -0.15) is 5.26 Å². The van der Waals surface area contributed by atoms with Gasteiger partial charge in [-0.1, -0.05) is 29.3 Å². The number of rotatable bonds is 7. The van der Waals surface area contributed by atoms with Crippen LogP contribution in [-0.2, 0) is 11.4 Å². The minimum Gasteiger partial charge on any atom is -0.508 e. The Morgan fingerprint density at radius 1 is 1.06 bits per heavy atom. The molecular formula is C26H24N2O4. The normalized spacial score (nSPS) is 10.9. The van der Waals surface area contributed by atoms with Gasteiger partial charge in [0.1, 0.15) is 35.5 Å². The van der Waals surface area contributed by atoms with E-state index < -0.39 is 5.91 Å². The van der Waals surface area contributed by atoms with Gasteiger partial charge in [0.05, 0.1) is 7.11 Å². The molecule has 3 aromatic rings. The summed E-state index contributed by atoms with van der Waals surface area (Å²) in [5, 5.41) is 21.6. The van der Waals surface area contributed by atoms with E-state index in [-0.39, 0.29) is 11.3 Å². The highest BCUT2D eigenvalue weighted by Gasteiger charge is 2.13. The molecule has 0 heterocycles. The number of nitrogens with zero attached hydrogens (tertiary/aromatic N) is 1. The first-order chi connectivity index (χ1) is 15.4. The Kier molecular flexibility index (Phi) is 7.14. The Balaban J connectivity index is 1.86. The molecule has 2 N–H and O–H groups in total. The SMILES string of the molecule is COc1ccc(/C=C(\C#N)C(=O)Nc2ccc(O)cc2)c(OCc2cc(C)cc(C)c2)c1. The summed E-state index contributed by atoms with van der Waals surface area (Å²) in [5.41, 5.74) is 4.27. The molecule has 1 amide bonds. The molecule has 0 aromatic heterocycles. The maximum atomic E-state index is 12.6. The number of carbonyl (C=O) groups excluding carboxylic acids is 1. The molecule has 0 unspecified atom stereocenters. The van der Waals surface area contributed by atoms with E-state index in [0.29, 0.717) is 29.4 Å². The van der Waals surface area contributed by atoms with Crippen LogP contribution in [0, 0.1) is 25.2 Å². The minimum absolute atomic E-state index is 0.0838. The number of hydrogen-bond acceptors (Lipinski definition) is 5. The lowest BCUT2D eigenvalue weighted by Crippen LogP contribution is -2.13. The van der Waals surface area contributed by atoms with Crippen molar-refractivity contribution in [2.24, 2.45) is 0 Å². The molecule has 3 aromatic carbocycles. The van der Waals surface area contributed by atoms with Gasteiger partial charge in [0.25, 0.3) is 5.91 Å². The average Bonchev–Trinajstić information content (AvgIpc) is 2.77. The first kappa shape index (κ1) is 22.4. The van der Waals surface area contributed by atoms with Crippen molar-refractivity contribution in [3.05, 3.63) is 88.5 Å². The first-order valence-electron chi connectivity index (χ1n) is 9.98. The summed E-state index contributed by atoms with van der Waals surface area (Å²) in [6.07, 6.45) is 1.48. The molecule has 0 spiro atoms. The third-order valence-electron chi connectivity index (χ3n) is 4.69. The van der Waals surface area contributed by atoms with E-state index in [9.17, 15) is 15.2 Å². The topological polar surface area (TPSA) is 91.6 Å². The van der Waals surface area contributed by atoms with E-state index in [2.05, 4.69) is 23.5 Å². The van der Waals surface area contributed by atoms with Gasteiger partial charge in [-0.05, 0) is 61.9 Å². The van der Waals surface area contributed by atoms with Gasteiger partial charge in [-0.25, -0.2) is 0 Å². The fourth-order valence-corrected chi connectivity index (χ4v) is 3.25. The van der Waals surface area contributed by atoms with Gasteiger partial charge in [0.2, 0.25) is 0 Å². The number of phenols is 1. The highest BCUT2D eigenvalue weighted by atomic mass is 16.5. The van der Waals surface area contributed by atoms with Gasteiger partial charge >= 0.3 is 0 Å². The fraction of sp³-hybridized carbons (Fsp3) is 0.154. The van der Waals surface area contributed by atoms with Crippen LogP contribution in [0.25, 0.3) is 6.08 Å². The van der Waals surface area contributed by atoms with Crippen LogP contribution in [0.2, 0.25) is 0 Å². The van der Waals surface area contributed by atoms with Crippen molar-refractivity contribution in [2.75, 3.05) is 12.4 Å². The molecular weight excluding hydrogens is 404 g/mol. The number of ether oxygens (including phenoxy) is 2. The fourth-order valence-electron chi connectivity index (χ4n) is 3.25. The number of aryl methyl sites for hydroxylation is 2. The second-order valence-electron chi connectivity index (χ2n) is 7.36. The summed E-state index contributed by atoms with van der Waals surface area (Å²) in [6.45, 7) is 4.39. The van der Waals surface area contributed by atoms with Crippen LogP contribution in [0.5, 0.6) is 17.2 Å². The number of anilines is 1. The molecule has 0 bridgehead atoms. The standard InChI is InChI=1S/C26H24N2O4/c1-17-10-18(2)12-19(11-17)16-32-25-14-24(31-3)9-4-20(25)13-21(15-27)26(30)28-22-5-7-23(29)8-6-22/h4-14,29H,16H2,1-3H3,(H,28,30)/b21-13+. The Bertz CT molecular complexity index is 1170. The number of nitriles is 1. The maximum absolute atomic E-state index is 12.6. The molecule has 0 fully saturated rings. The highest BCUT2D eigenvalue weighted by molar-refractivity contribution is 6.09.